The largest absolute Gasteiger partial charge is 0.423 e. The van der Waals surface area contributed by atoms with Crippen molar-refractivity contribution in [1.82, 2.24) is 0 Å². The standard InChI is InChI=1S/C20H13Cl2NO2/c21-15-8-11-18(19(22)12-15)20(24)25-17-9-6-14(7-10-17)13-23-16-4-2-1-3-5-16/h1-13H. The number of aliphatic imine (C=N–C) groups is 1. The SMILES string of the molecule is O=C(Oc1ccc(C=Nc2ccccc2)cc1)c1ccc(Cl)cc1Cl. The lowest BCUT2D eigenvalue weighted by Gasteiger charge is -2.06. The van der Waals surface area contributed by atoms with Crippen molar-refractivity contribution in [3.8, 4) is 5.75 Å². The van der Waals surface area contributed by atoms with E-state index in [1.54, 1.807) is 24.4 Å². The van der Waals surface area contributed by atoms with E-state index in [1.165, 1.54) is 12.1 Å². The van der Waals surface area contributed by atoms with Gasteiger partial charge in [-0.3, -0.25) is 4.99 Å². The summed E-state index contributed by atoms with van der Waals surface area (Å²) >= 11 is 11.8. The van der Waals surface area contributed by atoms with Crippen LogP contribution in [0.4, 0.5) is 5.69 Å². The molecule has 124 valence electrons. The number of carbonyl (C=O) groups is 1. The molecule has 0 atom stereocenters. The normalized spacial score (nSPS) is 10.8. The van der Waals surface area contributed by atoms with Gasteiger partial charge in [0.05, 0.1) is 16.3 Å². The molecule has 0 aliphatic rings. The summed E-state index contributed by atoms with van der Waals surface area (Å²) < 4.78 is 5.33. The fourth-order valence-electron chi connectivity index (χ4n) is 2.10. The first-order valence-electron chi connectivity index (χ1n) is 7.48. The molecule has 0 saturated carbocycles. The van der Waals surface area contributed by atoms with Gasteiger partial charge in [0.15, 0.2) is 0 Å². The van der Waals surface area contributed by atoms with Crippen LogP contribution in [-0.4, -0.2) is 12.2 Å². The van der Waals surface area contributed by atoms with Crippen molar-refractivity contribution in [2.45, 2.75) is 0 Å². The summed E-state index contributed by atoms with van der Waals surface area (Å²) in [4.78, 5) is 16.5. The predicted octanol–water partition coefficient (Wildman–Crippen LogP) is 5.96. The molecule has 3 aromatic carbocycles. The molecule has 5 heteroatoms. The Labute approximate surface area is 155 Å². The average Bonchev–Trinajstić information content (AvgIpc) is 2.62. The number of esters is 1. The van der Waals surface area contributed by atoms with Gasteiger partial charge in [0.25, 0.3) is 0 Å². The molecule has 0 spiro atoms. The Hall–Kier alpha value is -2.62. The van der Waals surface area contributed by atoms with Crippen LogP contribution < -0.4 is 4.74 Å². The summed E-state index contributed by atoms with van der Waals surface area (Å²) in [6, 6.07) is 21.3. The number of hydrogen-bond donors (Lipinski definition) is 0. The number of hydrogen-bond acceptors (Lipinski definition) is 3. The van der Waals surface area contributed by atoms with Crippen LogP contribution in [0, 0.1) is 0 Å². The maximum Gasteiger partial charge on any atom is 0.345 e. The highest BCUT2D eigenvalue weighted by Gasteiger charge is 2.13. The van der Waals surface area contributed by atoms with Gasteiger partial charge in [-0.15, -0.1) is 0 Å². The van der Waals surface area contributed by atoms with Gasteiger partial charge in [-0.1, -0.05) is 41.4 Å². The zero-order chi connectivity index (χ0) is 17.6. The summed E-state index contributed by atoms with van der Waals surface area (Å²) in [6.45, 7) is 0. The Balaban J connectivity index is 1.68. The first-order chi connectivity index (χ1) is 12.1. The highest BCUT2D eigenvalue weighted by Crippen LogP contribution is 2.23. The van der Waals surface area contributed by atoms with Crippen LogP contribution in [0.5, 0.6) is 5.75 Å². The van der Waals surface area contributed by atoms with Crippen molar-refractivity contribution in [2.75, 3.05) is 0 Å². The summed E-state index contributed by atoms with van der Waals surface area (Å²) in [5.74, 6) is -0.111. The number of para-hydroxylation sites is 1. The Kier molecular flexibility index (Phi) is 5.49. The van der Waals surface area contributed by atoms with E-state index < -0.39 is 5.97 Å². The predicted molar refractivity (Wildman–Crippen MR) is 102 cm³/mol. The Bertz CT molecular complexity index is 907. The van der Waals surface area contributed by atoms with Gasteiger partial charge in [-0.25, -0.2) is 4.79 Å². The molecule has 0 bridgehead atoms. The second-order valence-corrected chi connectivity index (χ2v) is 6.02. The molecule has 3 nitrogen and oxygen atoms in total. The van der Waals surface area contributed by atoms with Gasteiger partial charge in [0.1, 0.15) is 5.75 Å². The third-order valence-corrected chi connectivity index (χ3v) is 3.91. The Morgan fingerprint density at radius 1 is 0.920 bits per heavy atom. The van der Waals surface area contributed by atoms with Crippen molar-refractivity contribution >= 4 is 41.1 Å². The summed E-state index contributed by atoms with van der Waals surface area (Å²) in [5, 5.41) is 0.715. The number of ether oxygens (including phenoxy) is 1. The first-order valence-corrected chi connectivity index (χ1v) is 8.24. The van der Waals surface area contributed by atoms with Crippen LogP contribution in [0.3, 0.4) is 0 Å². The van der Waals surface area contributed by atoms with Gasteiger partial charge in [0, 0.05) is 11.2 Å². The van der Waals surface area contributed by atoms with Gasteiger partial charge in [0.2, 0.25) is 0 Å². The molecule has 0 aliphatic carbocycles. The fraction of sp³-hybridized carbons (Fsp3) is 0. The van der Waals surface area contributed by atoms with Crippen molar-refractivity contribution in [3.63, 3.8) is 0 Å². The van der Waals surface area contributed by atoms with Crippen LogP contribution in [0.15, 0.2) is 77.8 Å². The van der Waals surface area contributed by atoms with Gasteiger partial charge in [-0.2, -0.15) is 0 Å². The minimum absolute atomic E-state index is 0.254. The number of halogens is 2. The van der Waals surface area contributed by atoms with Crippen molar-refractivity contribution in [3.05, 3.63) is 94.0 Å². The first kappa shape index (κ1) is 17.2. The van der Waals surface area contributed by atoms with Crippen molar-refractivity contribution in [1.29, 1.82) is 0 Å². The molecule has 0 radical (unpaired) electrons. The van der Waals surface area contributed by atoms with Crippen LogP contribution in [-0.2, 0) is 0 Å². The second-order valence-electron chi connectivity index (χ2n) is 5.18. The zero-order valence-electron chi connectivity index (χ0n) is 13.0. The smallest absolute Gasteiger partial charge is 0.345 e. The third-order valence-electron chi connectivity index (χ3n) is 3.36. The molecule has 0 unspecified atom stereocenters. The quantitative estimate of drug-likeness (QED) is 0.323. The van der Waals surface area contributed by atoms with Crippen LogP contribution in [0.1, 0.15) is 15.9 Å². The summed E-state index contributed by atoms with van der Waals surface area (Å²) in [5.41, 5.74) is 2.03. The van der Waals surface area contributed by atoms with E-state index in [0.29, 0.717) is 10.8 Å². The van der Waals surface area contributed by atoms with E-state index in [0.717, 1.165) is 11.3 Å². The number of nitrogens with zero attached hydrogens (tertiary/aromatic N) is 1. The maximum atomic E-state index is 12.2. The van der Waals surface area contributed by atoms with Gasteiger partial charge >= 0.3 is 5.97 Å². The van der Waals surface area contributed by atoms with E-state index in [4.69, 9.17) is 27.9 Å². The maximum absolute atomic E-state index is 12.2. The minimum Gasteiger partial charge on any atom is -0.423 e. The van der Waals surface area contributed by atoms with E-state index >= 15 is 0 Å². The number of carbonyl (C=O) groups excluding carboxylic acids is 1. The molecular weight excluding hydrogens is 357 g/mol. The Morgan fingerprint density at radius 3 is 2.32 bits per heavy atom. The molecule has 0 amide bonds. The van der Waals surface area contributed by atoms with E-state index in [-0.39, 0.29) is 10.6 Å². The summed E-state index contributed by atoms with van der Waals surface area (Å²) in [7, 11) is 0. The van der Waals surface area contributed by atoms with E-state index in [1.807, 2.05) is 42.5 Å². The van der Waals surface area contributed by atoms with Crippen molar-refractivity contribution < 1.29 is 9.53 Å². The molecule has 3 aromatic rings. The van der Waals surface area contributed by atoms with Gasteiger partial charge < -0.3 is 4.74 Å². The van der Waals surface area contributed by atoms with Crippen molar-refractivity contribution in [2.24, 2.45) is 4.99 Å². The molecule has 0 fully saturated rings. The third kappa shape index (κ3) is 4.69. The molecular formula is C20H13Cl2NO2. The molecule has 3 rings (SSSR count). The monoisotopic (exact) mass is 369 g/mol. The van der Waals surface area contributed by atoms with E-state index in [2.05, 4.69) is 4.99 Å². The average molecular weight is 370 g/mol. The topological polar surface area (TPSA) is 38.7 Å². The molecule has 0 N–H and O–H groups in total. The minimum atomic E-state index is -0.535. The lowest BCUT2D eigenvalue weighted by Crippen LogP contribution is -2.09. The van der Waals surface area contributed by atoms with Crippen LogP contribution in [0.25, 0.3) is 0 Å². The second kappa shape index (κ2) is 7.97. The molecule has 0 saturated heterocycles. The van der Waals surface area contributed by atoms with Crippen LogP contribution in [0.2, 0.25) is 10.0 Å². The molecule has 0 heterocycles. The highest BCUT2D eigenvalue weighted by atomic mass is 35.5. The summed E-state index contributed by atoms with van der Waals surface area (Å²) in [6.07, 6.45) is 1.75. The Morgan fingerprint density at radius 2 is 1.64 bits per heavy atom. The van der Waals surface area contributed by atoms with Gasteiger partial charge in [-0.05, 0) is 60.2 Å². The number of benzene rings is 3. The zero-order valence-corrected chi connectivity index (χ0v) is 14.5. The lowest BCUT2D eigenvalue weighted by atomic mass is 10.2. The lowest BCUT2D eigenvalue weighted by molar-refractivity contribution is 0.0735. The fourth-order valence-corrected chi connectivity index (χ4v) is 2.59. The highest BCUT2D eigenvalue weighted by molar-refractivity contribution is 6.36. The number of rotatable bonds is 4. The molecule has 0 aliphatic heterocycles. The van der Waals surface area contributed by atoms with Crippen LogP contribution >= 0.6 is 23.2 Å². The molecule has 0 aromatic heterocycles. The van der Waals surface area contributed by atoms with E-state index in [9.17, 15) is 4.79 Å². The molecule has 25 heavy (non-hydrogen) atoms.